The van der Waals surface area contributed by atoms with Crippen LogP contribution in [0, 0.1) is 11.3 Å². The van der Waals surface area contributed by atoms with Crippen molar-refractivity contribution in [2.75, 3.05) is 32.2 Å². The second-order valence-corrected chi connectivity index (χ2v) is 9.66. The lowest BCUT2D eigenvalue weighted by Gasteiger charge is -2.69. The van der Waals surface area contributed by atoms with Gasteiger partial charge in [0.05, 0.1) is 31.4 Å². The first-order valence-electron chi connectivity index (χ1n) is 10.8. The summed E-state index contributed by atoms with van der Waals surface area (Å²) in [6.45, 7) is 2.15. The van der Waals surface area contributed by atoms with Crippen LogP contribution >= 0.6 is 0 Å². The Morgan fingerprint density at radius 1 is 1.17 bits per heavy atom. The topological polar surface area (TPSA) is 59.1 Å². The minimum absolute atomic E-state index is 0.134. The van der Waals surface area contributed by atoms with Crippen molar-refractivity contribution in [2.24, 2.45) is 11.3 Å². The molecule has 0 N–H and O–H groups in total. The SMILES string of the molecule is COC(=O)[C@H]1C[C@@]23CCCN4CC[C@]5(c6cccc(OC)c6N(C=O)[C@@]15CC2)[C@H]43. The molecule has 3 heterocycles. The zero-order chi connectivity index (χ0) is 20.0. The zero-order valence-corrected chi connectivity index (χ0v) is 17.1. The van der Waals surface area contributed by atoms with Crippen LogP contribution in [-0.4, -0.2) is 56.2 Å². The number of carbonyl (C=O) groups excluding carboxylic acids is 2. The normalized spacial score (nSPS) is 41.5. The molecular weight excluding hydrogens is 368 g/mol. The maximum atomic E-state index is 13.2. The van der Waals surface area contributed by atoms with Gasteiger partial charge >= 0.3 is 5.97 Å². The van der Waals surface area contributed by atoms with Gasteiger partial charge in [0.2, 0.25) is 6.41 Å². The van der Waals surface area contributed by atoms with Gasteiger partial charge in [0.1, 0.15) is 5.75 Å². The highest BCUT2D eigenvalue weighted by Gasteiger charge is 2.81. The molecule has 5 fully saturated rings. The minimum Gasteiger partial charge on any atom is -0.495 e. The van der Waals surface area contributed by atoms with E-state index in [1.807, 2.05) is 17.0 Å². The van der Waals surface area contributed by atoms with Crippen LogP contribution in [0.5, 0.6) is 5.75 Å². The van der Waals surface area contributed by atoms with Crippen LogP contribution in [0.4, 0.5) is 5.69 Å². The molecule has 2 bridgehead atoms. The number of hydrogen-bond acceptors (Lipinski definition) is 5. The van der Waals surface area contributed by atoms with Crippen LogP contribution in [0.3, 0.4) is 0 Å². The summed E-state index contributed by atoms with van der Waals surface area (Å²) in [5, 5.41) is 0. The van der Waals surface area contributed by atoms with Gasteiger partial charge in [-0.25, -0.2) is 0 Å². The highest BCUT2D eigenvalue weighted by molar-refractivity contribution is 5.93. The van der Waals surface area contributed by atoms with Crippen LogP contribution in [0.2, 0.25) is 0 Å². The summed E-state index contributed by atoms with van der Waals surface area (Å²) >= 11 is 0. The standard InChI is InChI=1S/C23H28N2O4/c1-28-17-6-3-5-15-18(17)25(14-26)23-9-8-21(13-16(23)19(27)29-2)7-4-11-24-12-10-22(15,23)20(21)24/h3,5-6,14,16,20H,4,7-13H2,1-2H3/t16-,20-,21-,22+,23+/m1/s1. The molecule has 6 nitrogen and oxygen atoms in total. The van der Waals surface area contributed by atoms with Crippen LogP contribution < -0.4 is 9.64 Å². The van der Waals surface area contributed by atoms with Gasteiger partial charge in [-0.2, -0.15) is 0 Å². The molecule has 0 unspecified atom stereocenters. The highest BCUT2D eigenvalue weighted by atomic mass is 16.5. The smallest absolute Gasteiger partial charge is 0.311 e. The van der Waals surface area contributed by atoms with Crippen molar-refractivity contribution in [2.45, 2.75) is 55.5 Å². The molecule has 1 aromatic carbocycles. The van der Waals surface area contributed by atoms with Gasteiger partial charge in [-0.15, -0.1) is 0 Å². The van der Waals surface area contributed by atoms with E-state index >= 15 is 0 Å². The quantitative estimate of drug-likeness (QED) is 0.580. The van der Waals surface area contributed by atoms with Crippen LogP contribution in [-0.2, 0) is 19.7 Å². The van der Waals surface area contributed by atoms with Crippen molar-refractivity contribution in [3.63, 3.8) is 0 Å². The summed E-state index contributed by atoms with van der Waals surface area (Å²) in [7, 11) is 3.15. The summed E-state index contributed by atoms with van der Waals surface area (Å²) in [6.07, 6.45) is 7.05. The molecule has 3 aliphatic heterocycles. The second-order valence-electron chi connectivity index (χ2n) is 9.66. The van der Waals surface area contributed by atoms with Crippen molar-refractivity contribution in [1.29, 1.82) is 0 Å². The Hall–Kier alpha value is -2.08. The predicted octanol–water partition coefficient (Wildman–Crippen LogP) is 2.49. The van der Waals surface area contributed by atoms with Crippen molar-refractivity contribution < 1.29 is 19.1 Å². The van der Waals surface area contributed by atoms with E-state index in [4.69, 9.17) is 9.47 Å². The van der Waals surface area contributed by atoms with Gasteiger partial charge in [-0.1, -0.05) is 12.1 Å². The fraction of sp³-hybridized carbons (Fsp3) is 0.652. The second kappa shape index (κ2) is 5.54. The van der Waals surface area contributed by atoms with E-state index in [0.29, 0.717) is 6.04 Å². The average Bonchev–Trinajstić information content (AvgIpc) is 3.28. The molecule has 1 amide bonds. The number of anilines is 1. The lowest BCUT2D eigenvalue weighted by atomic mass is 9.38. The number of hydrogen-bond donors (Lipinski definition) is 0. The predicted molar refractivity (Wildman–Crippen MR) is 107 cm³/mol. The van der Waals surface area contributed by atoms with Crippen molar-refractivity contribution >= 4 is 18.1 Å². The molecule has 3 spiro atoms. The Labute approximate surface area is 171 Å². The molecule has 154 valence electrons. The third-order valence-electron chi connectivity index (χ3n) is 9.25. The number of para-hydroxylation sites is 1. The molecule has 29 heavy (non-hydrogen) atoms. The lowest BCUT2D eigenvalue weighted by molar-refractivity contribution is -0.175. The number of methoxy groups -OCH3 is 2. The third-order valence-corrected chi connectivity index (χ3v) is 9.25. The highest BCUT2D eigenvalue weighted by Crippen LogP contribution is 2.76. The van der Waals surface area contributed by atoms with Crippen molar-refractivity contribution in [3.05, 3.63) is 23.8 Å². The van der Waals surface area contributed by atoms with Gasteiger partial charge in [-0.05, 0) is 68.7 Å². The average molecular weight is 396 g/mol. The van der Waals surface area contributed by atoms with Gasteiger partial charge < -0.3 is 14.4 Å². The first kappa shape index (κ1) is 17.8. The summed E-state index contributed by atoms with van der Waals surface area (Å²) in [6, 6.07) is 6.55. The molecule has 6 aliphatic rings. The summed E-state index contributed by atoms with van der Waals surface area (Å²) < 4.78 is 11.1. The largest absolute Gasteiger partial charge is 0.495 e. The molecule has 3 aliphatic carbocycles. The van der Waals surface area contributed by atoms with E-state index in [2.05, 4.69) is 11.0 Å². The number of piperidine rings is 1. The van der Waals surface area contributed by atoms with E-state index < -0.39 is 5.54 Å². The lowest BCUT2D eigenvalue weighted by Crippen LogP contribution is -2.78. The van der Waals surface area contributed by atoms with E-state index in [1.54, 1.807) is 7.11 Å². The van der Waals surface area contributed by atoms with Crippen molar-refractivity contribution in [1.82, 2.24) is 4.90 Å². The molecule has 0 radical (unpaired) electrons. The van der Waals surface area contributed by atoms with Gasteiger partial charge in [-0.3, -0.25) is 14.5 Å². The Kier molecular flexibility index (Phi) is 3.39. The molecule has 3 saturated carbocycles. The maximum absolute atomic E-state index is 13.2. The number of rotatable bonds is 3. The molecule has 2 saturated heterocycles. The Morgan fingerprint density at radius 3 is 2.79 bits per heavy atom. The fourth-order valence-corrected chi connectivity index (χ4v) is 8.65. The van der Waals surface area contributed by atoms with Crippen LogP contribution in [0.1, 0.15) is 44.1 Å². The molecule has 7 rings (SSSR count). The van der Waals surface area contributed by atoms with E-state index in [0.717, 1.165) is 56.6 Å². The van der Waals surface area contributed by atoms with Crippen LogP contribution in [0.15, 0.2) is 18.2 Å². The zero-order valence-electron chi connectivity index (χ0n) is 17.1. The monoisotopic (exact) mass is 396 g/mol. The number of carbonyl (C=O) groups is 2. The number of esters is 1. The van der Waals surface area contributed by atoms with Gasteiger partial charge in [0, 0.05) is 11.5 Å². The number of nitrogens with zero attached hydrogens (tertiary/aromatic N) is 2. The first-order chi connectivity index (χ1) is 14.1. The Morgan fingerprint density at radius 2 is 2.03 bits per heavy atom. The van der Waals surface area contributed by atoms with Crippen molar-refractivity contribution in [3.8, 4) is 5.75 Å². The van der Waals surface area contributed by atoms with Gasteiger partial charge in [0.15, 0.2) is 0 Å². The van der Waals surface area contributed by atoms with E-state index in [1.165, 1.54) is 25.5 Å². The minimum atomic E-state index is -0.558. The number of ether oxygens (including phenoxy) is 2. The van der Waals surface area contributed by atoms with Crippen LogP contribution in [0.25, 0.3) is 0 Å². The van der Waals surface area contributed by atoms with Gasteiger partial charge in [0.25, 0.3) is 0 Å². The number of amides is 1. The Balaban J connectivity index is 1.70. The van der Waals surface area contributed by atoms with E-state index in [-0.39, 0.29) is 22.7 Å². The summed E-state index contributed by atoms with van der Waals surface area (Å²) in [5.74, 6) is 0.269. The fourth-order valence-electron chi connectivity index (χ4n) is 8.65. The molecule has 1 aromatic rings. The summed E-state index contributed by atoms with van der Waals surface area (Å²) in [4.78, 5) is 30.4. The Bertz CT molecular complexity index is 918. The number of fused-ring (bicyclic) bond motifs is 3. The van der Waals surface area contributed by atoms with E-state index in [9.17, 15) is 9.59 Å². The molecular formula is C23H28N2O4. The number of benzene rings is 1. The first-order valence-corrected chi connectivity index (χ1v) is 10.8. The maximum Gasteiger partial charge on any atom is 0.311 e. The molecule has 6 heteroatoms. The molecule has 5 atom stereocenters. The summed E-state index contributed by atoms with van der Waals surface area (Å²) in [5.41, 5.74) is 1.43. The third kappa shape index (κ3) is 1.68. The molecule has 0 aromatic heterocycles.